The maximum atomic E-state index is 12.6. The molecular formula is C16H14N2O3S. The molecule has 0 amide bonds. The minimum Gasteiger partial charge on any atom is -0.494 e. The third-order valence-electron chi connectivity index (χ3n) is 3.55. The Labute approximate surface area is 130 Å². The lowest BCUT2D eigenvalue weighted by Gasteiger charge is -2.12. The molecule has 0 aliphatic rings. The van der Waals surface area contributed by atoms with Gasteiger partial charge in [-0.05, 0) is 13.0 Å². The van der Waals surface area contributed by atoms with Gasteiger partial charge in [0.25, 0.3) is 5.56 Å². The number of aromatic nitrogens is 2. The second-order valence-corrected chi connectivity index (χ2v) is 5.96. The van der Waals surface area contributed by atoms with Crippen LogP contribution in [0.4, 0.5) is 0 Å². The van der Waals surface area contributed by atoms with Crippen LogP contribution in [0.2, 0.25) is 0 Å². The standard InChI is InChI=1S/C16H14N2O3S/c1-9-15(21-3)14(16(20)18(2)17-9)13-10-6-4-5-7-11(10)22-12(13)8-19/h4-8H,1-3H3. The molecule has 1 aromatic carbocycles. The highest BCUT2D eigenvalue weighted by Crippen LogP contribution is 2.40. The lowest BCUT2D eigenvalue weighted by atomic mass is 10.0. The molecule has 0 aliphatic carbocycles. The van der Waals surface area contributed by atoms with Crippen LogP contribution in [0, 0.1) is 6.92 Å². The molecule has 3 aromatic rings. The Kier molecular flexibility index (Phi) is 3.54. The Morgan fingerprint density at radius 1 is 1.27 bits per heavy atom. The maximum absolute atomic E-state index is 12.6. The van der Waals surface area contributed by atoms with E-state index in [1.54, 1.807) is 14.0 Å². The van der Waals surface area contributed by atoms with E-state index in [4.69, 9.17) is 4.74 Å². The van der Waals surface area contributed by atoms with E-state index < -0.39 is 0 Å². The number of carbonyl (C=O) groups is 1. The lowest BCUT2D eigenvalue weighted by molar-refractivity contribution is 0.112. The number of carbonyl (C=O) groups excluding carboxylic acids is 1. The fraction of sp³-hybridized carbons (Fsp3) is 0.188. The zero-order chi connectivity index (χ0) is 15.9. The molecule has 2 aromatic heterocycles. The Morgan fingerprint density at radius 2 is 2.00 bits per heavy atom. The summed E-state index contributed by atoms with van der Waals surface area (Å²) in [6.07, 6.45) is 0.786. The van der Waals surface area contributed by atoms with Crippen molar-refractivity contribution in [1.29, 1.82) is 0 Å². The van der Waals surface area contributed by atoms with Gasteiger partial charge in [-0.2, -0.15) is 5.10 Å². The molecule has 112 valence electrons. The van der Waals surface area contributed by atoms with Gasteiger partial charge in [-0.15, -0.1) is 11.3 Å². The van der Waals surface area contributed by atoms with Gasteiger partial charge in [0.15, 0.2) is 12.0 Å². The third-order valence-corrected chi connectivity index (χ3v) is 4.64. The van der Waals surface area contributed by atoms with Gasteiger partial charge >= 0.3 is 0 Å². The number of fused-ring (bicyclic) bond motifs is 1. The molecule has 3 rings (SSSR count). The van der Waals surface area contributed by atoms with Gasteiger partial charge in [-0.3, -0.25) is 9.59 Å². The summed E-state index contributed by atoms with van der Waals surface area (Å²) in [7, 11) is 3.09. The van der Waals surface area contributed by atoms with Gasteiger partial charge in [0.1, 0.15) is 5.69 Å². The Balaban J connectivity index is 2.52. The van der Waals surface area contributed by atoms with Crippen molar-refractivity contribution in [2.45, 2.75) is 6.92 Å². The fourth-order valence-corrected chi connectivity index (χ4v) is 3.66. The second kappa shape index (κ2) is 5.38. The van der Waals surface area contributed by atoms with Gasteiger partial charge in [-0.25, -0.2) is 4.68 Å². The summed E-state index contributed by atoms with van der Waals surface area (Å²) in [5.41, 5.74) is 1.33. The van der Waals surface area contributed by atoms with E-state index in [0.717, 1.165) is 16.4 Å². The summed E-state index contributed by atoms with van der Waals surface area (Å²) in [5.74, 6) is 0.412. The second-order valence-electron chi connectivity index (χ2n) is 4.88. The first-order chi connectivity index (χ1) is 10.6. The van der Waals surface area contributed by atoms with Crippen LogP contribution in [-0.4, -0.2) is 23.2 Å². The predicted molar refractivity (Wildman–Crippen MR) is 87.0 cm³/mol. The molecule has 0 fully saturated rings. The fourth-order valence-electron chi connectivity index (χ4n) is 2.63. The van der Waals surface area contributed by atoms with Crippen molar-refractivity contribution in [1.82, 2.24) is 9.78 Å². The SMILES string of the molecule is COc1c(C)nn(C)c(=O)c1-c1c(C=O)sc2ccccc12. The summed E-state index contributed by atoms with van der Waals surface area (Å²) in [6.45, 7) is 1.77. The van der Waals surface area contributed by atoms with Crippen molar-refractivity contribution in [3.05, 3.63) is 45.2 Å². The predicted octanol–water partition coefficient (Wildman–Crippen LogP) is 2.79. The number of thiophene rings is 1. The number of hydrogen-bond acceptors (Lipinski definition) is 5. The summed E-state index contributed by atoms with van der Waals surface area (Å²) in [5, 5.41) is 5.02. The number of ether oxygens (including phenoxy) is 1. The van der Waals surface area contributed by atoms with Gasteiger partial charge in [0, 0.05) is 22.7 Å². The number of aldehydes is 1. The average molecular weight is 314 g/mol. The number of aryl methyl sites for hydroxylation is 2. The Bertz CT molecular complexity index is 940. The summed E-state index contributed by atoms with van der Waals surface area (Å²) in [6, 6.07) is 7.63. The van der Waals surface area contributed by atoms with Crippen molar-refractivity contribution in [3.63, 3.8) is 0 Å². The number of methoxy groups -OCH3 is 1. The van der Waals surface area contributed by atoms with Crippen molar-refractivity contribution in [3.8, 4) is 16.9 Å². The molecule has 0 N–H and O–H groups in total. The first-order valence-electron chi connectivity index (χ1n) is 6.67. The van der Waals surface area contributed by atoms with Crippen LogP contribution in [-0.2, 0) is 7.05 Å². The van der Waals surface area contributed by atoms with Crippen LogP contribution in [0.3, 0.4) is 0 Å². The molecule has 0 aliphatic heterocycles. The quantitative estimate of drug-likeness (QED) is 0.697. The highest BCUT2D eigenvalue weighted by molar-refractivity contribution is 7.21. The molecule has 0 unspecified atom stereocenters. The lowest BCUT2D eigenvalue weighted by Crippen LogP contribution is -2.23. The van der Waals surface area contributed by atoms with Crippen LogP contribution in [0.25, 0.3) is 21.2 Å². The third kappa shape index (κ3) is 2.03. The highest BCUT2D eigenvalue weighted by atomic mass is 32.1. The van der Waals surface area contributed by atoms with Gasteiger partial charge in [-0.1, -0.05) is 18.2 Å². The van der Waals surface area contributed by atoms with Crippen molar-refractivity contribution < 1.29 is 9.53 Å². The normalized spacial score (nSPS) is 10.9. The molecular weight excluding hydrogens is 300 g/mol. The Morgan fingerprint density at radius 3 is 2.68 bits per heavy atom. The summed E-state index contributed by atoms with van der Waals surface area (Å²) >= 11 is 1.37. The van der Waals surface area contributed by atoms with Gasteiger partial charge in [0.2, 0.25) is 0 Å². The summed E-state index contributed by atoms with van der Waals surface area (Å²) in [4.78, 5) is 24.6. The van der Waals surface area contributed by atoms with E-state index in [1.807, 2.05) is 24.3 Å². The summed E-state index contributed by atoms with van der Waals surface area (Å²) < 4.78 is 7.63. The van der Waals surface area contributed by atoms with Crippen LogP contribution < -0.4 is 10.3 Å². The molecule has 0 radical (unpaired) electrons. The van der Waals surface area contributed by atoms with Gasteiger partial charge in [0.05, 0.1) is 17.6 Å². The maximum Gasteiger partial charge on any atom is 0.278 e. The molecule has 0 saturated carbocycles. The van der Waals surface area contributed by atoms with Crippen LogP contribution in [0.5, 0.6) is 5.75 Å². The molecule has 2 heterocycles. The molecule has 5 nitrogen and oxygen atoms in total. The molecule has 0 atom stereocenters. The van der Waals surface area contributed by atoms with Crippen molar-refractivity contribution in [2.75, 3.05) is 7.11 Å². The van der Waals surface area contributed by atoms with Crippen molar-refractivity contribution >= 4 is 27.7 Å². The first-order valence-corrected chi connectivity index (χ1v) is 7.49. The van der Waals surface area contributed by atoms with Crippen molar-refractivity contribution in [2.24, 2.45) is 7.05 Å². The average Bonchev–Trinajstić information content (AvgIpc) is 2.89. The zero-order valence-electron chi connectivity index (χ0n) is 12.4. The van der Waals surface area contributed by atoms with Crippen LogP contribution >= 0.6 is 11.3 Å². The molecule has 0 bridgehead atoms. The number of rotatable bonds is 3. The van der Waals surface area contributed by atoms with E-state index in [9.17, 15) is 9.59 Å². The molecule has 6 heteroatoms. The smallest absolute Gasteiger partial charge is 0.278 e. The zero-order valence-corrected chi connectivity index (χ0v) is 13.2. The topological polar surface area (TPSA) is 61.2 Å². The molecule has 22 heavy (non-hydrogen) atoms. The van der Waals surface area contributed by atoms with E-state index >= 15 is 0 Å². The minimum atomic E-state index is -0.283. The number of benzene rings is 1. The Hall–Kier alpha value is -2.47. The number of nitrogens with zero attached hydrogens (tertiary/aromatic N) is 2. The van der Waals surface area contributed by atoms with Crippen LogP contribution in [0.1, 0.15) is 15.4 Å². The van der Waals surface area contributed by atoms with E-state index in [2.05, 4.69) is 5.10 Å². The first kappa shape index (κ1) is 14.5. The molecule has 0 saturated heterocycles. The monoisotopic (exact) mass is 314 g/mol. The van der Waals surface area contributed by atoms with E-state index in [0.29, 0.717) is 27.4 Å². The van der Waals surface area contributed by atoms with E-state index in [-0.39, 0.29) is 5.56 Å². The molecule has 0 spiro atoms. The minimum absolute atomic E-state index is 0.283. The number of hydrogen-bond donors (Lipinski definition) is 0. The highest BCUT2D eigenvalue weighted by Gasteiger charge is 2.23. The van der Waals surface area contributed by atoms with Crippen LogP contribution in [0.15, 0.2) is 29.1 Å². The van der Waals surface area contributed by atoms with E-state index in [1.165, 1.54) is 23.1 Å². The largest absolute Gasteiger partial charge is 0.494 e. The van der Waals surface area contributed by atoms with Gasteiger partial charge < -0.3 is 4.74 Å².